The zero-order chi connectivity index (χ0) is 14.7. The first-order valence-electron chi connectivity index (χ1n) is 6.96. The van der Waals surface area contributed by atoms with E-state index in [9.17, 15) is 5.26 Å². The van der Waals surface area contributed by atoms with E-state index in [1.807, 2.05) is 48.5 Å². The van der Waals surface area contributed by atoms with Gasteiger partial charge < -0.3 is 5.32 Å². The topological polar surface area (TPSA) is 48.7 Å². The molecule has 0 saturated heterocycles. The Labute approximate surface area is 123 Å². The normalized spacial score (nSPS) is 10.3. The fourth-order valence-corrected chi connectivity index (χ4v) is 2.37. The van der Waals surface area contributed by atoms with Crippen LogP contribution >= 0.6 is 0 Å². The van der Waals surface area contributed by atoms with Gasteiger partial charge in [0.15, 0.2) is 0 Å². The quantitative estimate of drug-likeness (QED) is 0.768. The van der Waals surface area contributed by atoms with E-state index in [4.69, 9.17) is 0 Å². The summed E-state index contributed by atoms with van der Waals surface area (Å²) in [6, 6.07) is 20.0. The summed E-state index contributed by atoms with van der Waals surface area (Å²) >= 11 is 0. The van der Waals surface area contributed by atoms with Crippen molar-refractivity contribution < 1.29 is 0 Å². The molecule has 0 aliphatic heterocycles. The van der Waals surface area contributed by atoms with E-state index >= 15 is 0 Å². The molecule has 0 aliphatic carbocycles. The van der Waals surface area contributed by atoms with Gasteiger partial charge in [0, 0.05) is 11.1 Å². The number of nitriles is 1. The first kappa shape index (κ1) is 13.1. The van der Waals surface area contributed by atoms with Crippen LogP contribution in [0.2, 0.25) is 0 Å². The number of rotatable bonds is 3. The Kier molecular flexibility index (Phi) is 3.53. The molecule has 3 nitrogen and oxygen atoms in total. The number of pyridine rings is 1. The fraction of sp³-hybridized carbons (Fsp3) is 0.111. The third kappa shape index (κ3) is 2.56. The first-order valence-corrected chi connectivity index (χ1v) is 6.96. The van der Waals surface area contributed by atoms with E-state index in [1.54, 1.807) is 0 Å². The lowest BCUT2D eigenvalue weighted by Gasteiger charge is -2.12. The Morgan fingerprint density at radius 2 is 1.86 bits per heavy atom. The molecule has 0 unspecified atom stereocenters. The van der Waals surface area contributed by atoms with Crippen LogP contribution in [0.3, 0.4) is 0 Å². The molecule has 0 saturated carbocycles. The number of para-hydroxylation sites is 2. The summed E-state index contributed by atoms with van der Waals surface area (Å²) < 4.78 is 0. The second-order valence-corrected chi connectivity index (χ2v) is 4.82. The van der Waals surface area contributed by atoms with Gasteiger partial charge in [-0.25, -0.2) is 4.98 Å². The lowest BCUT2D eigenvalue weighted by atomic mass is 10.1. The summed E-state index contributed by atoms with van der Waals surface area (Å²) in [7, 11) is 0. The number of hydrogen-bond acceptors (Lipinski definition) is 3. The molecule has 3 heteroatoms. The molecule has 3 rings (SSSR count). The van der Waals surface area contributed by atoms with E-state index in [2.05, 4.69) is 29.4 Å². The molecule has 0 amide bonds. The van der Waals surface area contributed by atoms with E-state index in [0.29, 0.717) is 11.4 Å². The van der Waals surface area contributed by atoms with Crippen LogP contribution in [0.5, 0.6) is 0 Å². The highest BCUT2D eigenvalue weighted by atomic mass is 15.0. The maximum absolute atomic E-state index is 9.35. The van der Waals surface area contributed by atoms with E-state index in [1.165, 1.54) is 5.56 Å². The molecule has 1 aromatic heterocycles. The van der Waals surface area contributed by atoms with Crippen LogP contribution in [0.1, 0.15) is 18.1 Å². The molecule has 0 aliphatic rings. The van der Waals surface area contributed by atoms with E-state index in [-0.39, 0.29) is 0 Å². The van der Waals surface area contributed by atoms with Crippen molar-refractivity contribution in [2.24, 2.45) is 0 Å². The fourth-order valence-electron chi connectivity index (χ4n) is 2.37. The molecule has 0 radical (unpaired) electrons. The van der Waals surface area contributed by atoms with Crippen molar-refractivity contribution in [3.05, 3.63) is 65.7 Å². The van der Waals surface area contributed by atoms with Gasteiger partial charge >= 0.3 is 0 Å². The predicted octanol–water partition coefficient (Wildman–Crippen LogP) is 4.41. The van der Waals surface area contributed by atoms with Crippen LogP contribution in [0, 0.1) is 11.3 Å². The van der Waals surface area contributed by atoms with Gasteiger partial charge in [0.05, 0.1) is 11.1 Å². The van der Waals surface area contributed by atoms with Crippen molar-refractivity contribution in [1.29, 1.82) is 5.26 Å². The third-order valence-electron chi connectivity index (χ3n) is 3.50. The summed E-state index contributed by atoms with van der Waals surface area (Å²) in [6.07, 6.45) is 0.929. The molecule has 3 aromatic rings. The van der Waals surface area contributed by atoms with Crippen molar-refractivity contribution in [3.63, 3.8) is 0 Å². The lowest BCUT2D eigenvalue weighted by molar-refractivity contribution is 1.14. The smallest absolute Gasteiger partial charge is 0.149 e. The van der Waals surface area contributed by atoms with Crippen molar-refractivity contribution in [2.75, 3.05) is 5.32 Å². The number of aromatic nitrogens is 1. The predicted molar refractivity (Wildman–Crippen MR) is 85.6 cm³/mol. The van der Waals surface area contributed by atoms with Crippen molar-refractivity contribution in [3.8, 4) is 6.07 Å². The minimum absolute atomic E-state index is 0.555. The molecular weight excluding hydrogens is 258 g/mol. The number of benzene rings is 2. The third-order valence-corrected chi connectivity index (χ3v) is 3.50. The molecule has 2 aromatic carbocycles. The average Bonchev–Trinajstić information content (AvgIpc) is 2.54. The number of fused-ring (bicyclic) bond motifs is 1. The minimum Gasteiger partial charge on any atom is -0.339 e. The van der Waals surface area contributed by atoms with Gasteiger partial charge in [0.2, 0.25) is 0 Å². The van der Waals surface area contributed by atoms with Crippen LogP contribution in [0.15, 0.2) is 54.6 Å². The standard InChI is InChI=1S/C18H15N3/c1-2-13-7-3-5-9-16(13)20-18-15(12-19)11-14-8-4-6-10-17(14)21-18/h3-11H,2H2,1H3,(H,20,21). The molecule has 1 heterocycles. The van der Waals surface area contributed by atoms with Gasteiger partial charge in [-0.2, -0.15) is 5.26 Å². The van der Waals surface area contributed by atoms with Gasteiger partial charge in [-0.3, -0.25) is 0 Å². The lowest BCUT2D eigenvalue weighted by Crippen LogP contribution is -2.00. The number of nitrogens with one attached hydrogen (secondary N) is 1. The molecule has 0 atom stereocenters. The number of aryl methyl sites for hydroxylation is 1. The van der Waals surface area contributed by atoms with Gasteiger partial charge in [0.25, 0.3) is 0 Å². The second kappa shape index (κ2) is 5.64. The minimum atomic E-state index is 0.555. The molecule has 0 fully saturated rings. The zero-order valence-electron chi connectivity index (χ0n) is 11.8. The highest BCUT2D eigenvalue weighted by Gasteiger charge is 2.08. The van der Waals surface area contributed by atoms with E-state index in [0.717, 1.165) is 23.0 Å². The molecule has 21 heavy (non-hydrogen) atoms. The average molecular weight is 273 g/mol. The molecule has 1 N–H and O–H groups in total. The van der Waals surface area contributed by atoms with Crippen LogP contribution in [-0.4, -0.2) is 4.98 Å². The van der Waals surface area contributed by atoms with Gasteiger partial charge in [-0.05, 0) is 30.2 Å². The van der Waals surface area contributed by atoms with Gasteiger partial charge in [-0.1, -0.05) is 43.3 Å². The Morgan fingerprint density at radius 3 is 2.67 bits per heavy atom. The maximum Gasteiger partial charge on any atom is 0.149 e. The second-order valence-electron chi connectivity index (χ2n) is 4.82. The van der Waals surface area contributed by atoms with Crippen LogP contribution in [0.25, 0.3) is 10.9 Å². The molecule has 0 bridgehead atoms. The number of anilines is 2. The summed E-state index contributed by atoms with van der Waals surface area (Å²) in [5.41, 5.74) is 3.64. The summed E-state index contributed by atoms with van der Waals surface area (Å²) in [5, 5.41) is 13.6. The highest BCUT2D eigenvalue weighted by molar-refractivity contribution is 5.84. The number of hydrogen-bond donors (Lipinski definition) is 1. The summed E-state index contributed by atoms with van der Waals surface area (Å²) in [6.45, 7) is 2.11. The first-order chi connectivity index (χ1) is 10.3. The molecule has 0 spiro atoms. The van der Waals surface area contributed by atoms with Crippen molar-refractivity contribution >= 4 is 22.4 Å². The summed E-state index contributed by atoms with van der Waals surface area (Å²) in [4.78, 5) is 4.58. The summed E-state index contributed by atoms with van der Waals surface area (Å²) in [5.74, 6) is 0.608. The van der Waals surface area contributed by atoms with Gasteiger partial charge in [-0.15, -0.1) is 0 Å². The van der Waals surface area contributed by atoms with E-state index < -0.39 is 0 Å². The largest absolute Gasteiger partial charge is 0.339 e. The highest BCUT2D eigenvalue weighted by Crippen LogP contribution is 2.25. The van der Waals surface area contributed by atoms with Crippen LogP contribution in [-0.2, 0) is 6.42 Å². The van der Waals surface area contributed by atoms with Crippen LogP contribution < -0.4 is 5.32 Å². The maximum atomic E-state index is 9.35. The zero-order valence-corrected chi connectivity index (χ0v) is 11.8. The Morgan fingerprint density at radius 1 is 1.10 bits per heavy atom. The van der Waals surface area contributed by atoms with Gasteiger partial charge in [0.1, 0.15) is 11.9 Å². The Hall–Kier alpha value is -2.86. The Bertz CT molecular complexity index is 831. The Balaban J connectivity index is 2.09. The number of nitrogens with zero attached hydrogens (tertiary/aromatic N) is 2. The molecular formula is C18H15N3. The SMILES string of the molecule is CCc1ccccc1Nc1nc2ccccc2cc1C#N. The van der Waals surface area contributed by atoms with Crippen LogP contribution in [0.4, 0.5) is 11.5 Å². The molecule has 102 valence electrons. The van der Waals surface area contributed by atoms with Crippen molar-refractivity contribution in [2.45, 2.75) is 13.3 Å². The van der Waals surface area contributed by atoms with Crippen molar-refractivity contribution in [1.82, 2.24) is 4.98 Å². The monoisotopic (exact) mass is 273 g/mol.